The molecular weight excluding hydrogens is 412 g/mol. The van der Waals surface area contributed by atoms with Gasteiger partial charge in [0.25, 0.3) is 6.43 Å². The molecule has 0 radical (unpaired) electrons. The van der Waals surface area contributed by atoms with Crippen LogP contribution in [0.15, 0.2) is 30.3 Å². The van der Waals surface area contributed by atoms with Crippen LogP contribution in [0, 0.1) is 5.41 Å². The number of halogens is 3. The maximum absolute atomic E-state index is 12.9. The first kappa shape index (κ1) is 18.8. The molecule has 0 spiro atoms. The molecule has 0 aliphatic heterocycles. The molecule has 28 heavy (non-hydrogen) atoms. The van der Waals surface area contributed by atoms with E-state index in [0.29, 0.717) is 44.3 Å². The van der Waals surface area contributed by atoms with Crippen molar-refractivity contribution in [3.05, 3.63) is 34.7 Å². The SMILES string of the molecule is O=C(O)C1(C(=O)Nc2ccc3c(c2)c(-c2ccc(Cl)s2)nn3CC(F)F)CC1. The number of aliphatic carboxylic acids is 1. The molecule has 4 rings (SSSR count). The normalized spacial score (nSPS) is 15.1. The lowest BCUT2D eigenvalue weighted by Gasteiger charge is -2.11. The highest BCUT2D eigenvalue weighted by Crippen LogP contribution is 2.47. The van der Waals surface area contributed by atoms with Crippen LogP contribution in [0.25, 0.3) is 21.5 Å². The van der Waals surface area contributed by atoms with Crippen LogP contribution in [0.3, 0.4) is 0 Å². The summed E-state index contributed by atoms with van der Waals surface area (Å²) in [5, 5.41) is 16.7. The van der Waals surface area contributed by atoms with Crippen molar-refractivity contribution in [2.75, 3.05) is 5.32 Å². The Morgan fingerprint density at radius 3 is 2.64 bits per heavy atom. The number of hydrogen-bond donors (Lipinski definition) is 2. The number of aromatic nitrogens is 2. The second kappa shape index (κ2) is 6.82. The van der Waals surface area contributed by atoms with Gasteiger partial charge < -0.3 is 10.4 Å². The Hall–Kier alpha value is -2.52. The molecule has 146 valence electrons. The highest BCUT2D eigenvalue weighted by atomic mass is 35.5. The zero-order valence-corrected chi connectivity index (χ0v) is 15.9. The quantitative estimate of drug-likeness (QED) is 0.570. The lowest BCUT2D eigenvalue weighted by Crippen LogP contribution is -2.31. The number of rotatable bonds is 6. The Morgan fingerprint density at radius 1 is 1.32 bits per heavy atom. The number of thiophene rings is 1. The molecule has 0 atom stereocenters. The number of alkyl halides is 2. The fourth-order valence-corrected chi connectivity index (χ4v) is 4.11. The molecular formula is C18H14ClF2N3O3S. The molecule has 0 unspecified atom stereocenters. The number of benzene rings is 1. The summed E-state index contributed by atoms with van der Waals surface area (Å²) in [7, 11) is 0. The van der Waals surface area contributed by atoms with Gasteiger partial charge in [-0.3, -0.25) is 14.3 Å². The van der Waals surface area contributed by atoms with E-state index in [1.807, 2.05) is 0 Å². The predicted octanol–water partition coefficient (Wildman–Crippen LogP) is 4.49. The number of fused-ring (bicyclic) bond motifs is 1. The minimum absolute atomic E-state index is 0.293. The maximum Gasteiger partial charge on any atom is 0.319 e. The monoisotopic (exact) mass is 425 g/mol. The largest absolute Gasteiger partial charge is 0.480 e. The fourth-order valence-electron chi connectivity index (χ4n) is 3.06. The van der Waals surface area contributed by atoms with Gasteiger partial charge in [-0.1, -0.05) is 11.6 Å². The topological polar surface area (TPSA) is 84.2 Å². The first-order valence-electron chi connectivity index (χ1n) is 8.39. The van der Waals surface area contributed by atoms with E-state index in [4.69, 9.17) is 11.6 Å². The van der Waals surface area contributed by atoms with E-state index in [0.717, 1.165) is 0 Å². The number of nitrogens with one attached hydrogen (secondary N) is 1. The molecule has 1 aliphatic carbocycles. The van der Waals surface area contributed by atoms with Crippen LogP contribution in [0.4, 0.5) is 14.5 Å². The summed E-state index contributed by atoms with van der Waals surface area (Å²) in [6, 6.07) is 8.18. The van der Waals surface area contributed by atoms with Gasteiger partial charge in [-0.25, -0.2) is 8.78 Å². The van der Waals surface area contributed by atoms with Crippen LogP contribution in [-0.2, 0) is 16.1 Å². The zero-order chi connectivity index (χ0) is 20.1. The molecule has 3 aromatic rings. The summed E-state index contributed by atoms with van der Waals surface area (Å²) in [5.41, 5.74) is -0.0374. The highest BCUT2D eigenvalue weighted by molar-refractivity contribution is 7.19. The minimum Gasteiger partial charge on any atom is -0.480 e. The Morgan fingerprint density at radius 2 is 2.07 bits per heavy atom. The summed E-state index contributed by atoms with van der Waals surface area (Å²) in [5.74, 6) is -1.73. The first-order chi connectivity index (χ1) is 13.3. The van der Waals surface area contributed by atoms with E-state index in [1.54, 1.807) is 30.3 Å². The van der Waals surface area contributed by atoms with Gasteiger partial charge in [0.2, 0.25) is 5.91 Å². The molecule has 0 bridgehead atoms. The zero-order valence-electron chi connectivity index (χ0n) is 14.3. The molecule has 6 nitrogen and oxygen atoms in total. The average molecular weight is 426 g/mol. The van der Waals surface area contributed by atoms with Gasteiger partial charge in [-0.2, -0.15) is 5.10 Å². The molecule has 2 N–H and O–H groups in total. The number of carboxylic acid groups (broad SMARTS) is 1. The second-order valence-corrected chi connectivity index (χ2v) is 8.31. The van der Waals surface area contributed by atoms with Gasteiger partial charge in [0.15, 0.2) is 0 Å². The van der Waals surface area contributed by atoms with Gasteiger partial charge in [0.05, 0.1) is 14.7 Å². The second-order valence-electron chi connectivity index (χ2n) is 6.60. The van der Waals surface area contributed by atoms with E-state index in [2.05, 4.69) is 10.4 Å². The van der Waals surface area contributed by atoms with Crippen molar-refractivity contribution in [1.82, 2.24) is 9.78 Å². The highest BCUT2D eigenvalue weighted by Gasteiger charge is 2.57. The van der Waals surface area contributed by atoms with E-state index in [1.165, 1.54) is 16.0 Å². The van der Waals surface area contributed by atoms with Crippen molar-refractivity contribution in [2.45, 2.75) is 25.8 Å². The van der Waals surface area contributed by atoms with E-state index < -0.39 is 30.3 Å². The van der Waals surface area contributed by atoms with Crippen molar-refractivity contribution < 1.29 is 23.5 Å². The van der Waals surface area contributed by atoms with Gasteiger partial charge in [-0.05, 0) is 43.2 Å². The average Bonchev–Trinajstić information content (AvgIpc) is 3.24. The standard InChI is InChI=1S/C18H14ClF2N3O3S/c19-13-4-3-12(28-13)15-10-7-9(22-16(25)18(5-6-18)17(26)27)1-2-11(10)24(23-15)8-14(20)21/h1-4,7,14H,5-6,8H2,(H,22,25)(H,26,27). The van der Waals surface area contributed by atoms with Crippen LogP contribution < -0.4 is 5.32 Å². The molecule has 0 saturated heterocycles. The van der Waals surface area contributed by atoms with Gasteiger partial charge in [0, 0.05) is 11.1 Å². The van der Waals surface area contributed by atoms with Gasteiger partial charge in [0.1, 0.15) is 17.7 Å². The van der Waals surface area contributed by atoms with E-state index in [-0.39, 0.29) is 0 Å². The fraction of sp³-hybridized carbons (Fsp3) is 0.278. The van der Waals surface area contributed by atoms with Crippen molar-refractivity contribution in [3.8, 4) is 10.6 Å². The van der Waals surface area contributed by atoms with Gasteiger partial charge >= 0.3 is 5.97 Å². The Bertz CT molecular complexity index is 1090. The summed E-state index contributed by atoms with van der Waals surface area (Å²) in [6.07, 6.45) is -1.99. The van der Waals surface area contributed by atoms with Crippen LogP contribution in [0.1, 0.15) is 12.8 Å². The summed E-state index contributed by atoms with van der Waals surface area (Å²) in [6.45, 7) is -0.566. The predicted molar refractivity (Wildman–Crippen MR) is 102 cm³/mol. The number of nitrogens with zero attached hydrogens (tertiary/aromatic N) is 2. The Balaban J connectivity index is 1.75. The van der Waals surface area contributed by atoms with Crippen molar-refractivity contribution in [3.63, 3.8) is 0 Å². The number of carbonyl (C=O) groups excluding carboxylic acids is 1. The van der Waals surface area contributed by atoms with Gasteiger partial charge in [-0.15, -0.1) is 11.3 Å². The summed E-state index contributed by atoms with van der Waals surface area (Å²) < 4.78 is 27.6. The molecule has 1 amide bonds. The number of amides is 1. The van der Waals surface area contributed by atoms with Crippen molar-refractivity contribution in [1.29, 1.82) is 0 Å². The number of carboxylic acids is 1. The summed E-state index contributed by atoms with van der Waals surface area (Å²) in [4.78, 5) is 24.4. The molecule has 10 heteroatoms. The smallest absolute Gasteiger partial charge is 0.319 e. The van der Waals surface area contributed by atoms with Crippen molar-refractivity contribution >= 4 is 51.4 Å². The van der Waals surface area contributed by atoms with Crippen LogP contribution >= 0.6 is 22.9 Å². The number of carbonyl (C=O) groups is 2. The molecule has 2 heterocycles. The van der Waals surface area contributed by atoms with Crippen LogP contribution in [0.2, 0.25) is 4.34 Å². The lowest BCUT2D eigenvalue weighted by atomic mass is 10.1. The maximum atomic E-state index is 12.9. The Labute approximate surface area is 166 Å². The first-order valence-corrected chi connectivity index (χ1v) is 9.59. The van der Waals surface area contributed by atoms with Crippen molar-refractivity contribution in [2.24, 2.45) is 5.41 Å². The molecule has 1 fully saturated rings. The van der Waals surface area contributed by atoms with E-state index >= 15 is 0 Å². The third kappa shape index (κ3) is 3.24. The molecule has 2 aromatic heterocycles. The van der Waals surface area contributed by atoms with E-state index in [9.17, 15) is 23.5 Å². The molecule has 1 aromatic carbocycles. The number of hydrogen-bond acceptors (Lipinski definition) is 4. The minimum atomic E-state index is -2.58. The van der Waals surface area contributed by atoms with Crippen LogP contribution in [-0.4, -0.2) is 33.2 Å². The lowest BCUT2D eigenvalue weighted by molar-refractivity contribution is -0.147. The molecule has 1 aliphatic rings. The summed E-state index contributed by atoms with van der Waals surface area (Å²) >= 11 is 7.25. The third-order valence-electron chi connectivity index (χ3n) is 4.72. The number of anilines is 1. The third-order valence-corrected chi connectivity index (χ3v) is 5.96. The molecule has 1 saturated carbocycles. The Kier molecular flexibility index (Phi) is 4.59. The van der Waals surface area contributed by atoms with Crippen LogP contribution in [0.5, 0.6) is 0 Å².